The Kier molecular flexibility index (Phi) is 5.18. The summed E-state index contributed by atoms with van der Waals surface area (Å²) in [6.45, 7) is 1.26. The zero-order chi connectivity index (χ0) is 17.9. The van der Waals surface area contributed by atoms with Gasteiger partial charge in [-0.15, -0.1) is 0 Å². The van der Waals surface area contributed by atoms with E-state index in [0.717, 1.165) is 12.1 Å². The standard InChI is InChI=1S/C15H11ClF3NO4/c1-8(24-14(22)12-3-2-6-23-12)13(21)20-11-7-9(15(17,18)19)4-5-10(11)16/h2-8H,1H3,(H,20,21)/t8-/m0/s1. The van der Waals surface area contributed by atoms with Crippen LogP contribution in [-0.2, 0) is 15.7 Å². The number of amides is 1. The molecule has 128 valence electrons. The molecule has 1 aromatic carbocycles. The number of benzene rings is 1. The number of furan rings is 1. The van der Waals surface area contributed by atoms with Gasteiger partial charge in [0.05, 0.1) is 22.5 Å². The highest BCUT2D eigenvalue weighted by atomic mass is 35.5. The van der Waals surface area contributed by atoms with Gasteiger partial charge in [0.15, 0.2) is 6.10 Å². The molecule has 2 rings (SSSR count). The molecule has 0 saturated heterocycles. The summed E-state index contributed by atoms with van der Waals surface area (Å²) in [6, 6.07) is 5.31. The fourth-order valence-electron chi connectivity index (χ4n) is 1.70. The van der Waals surface area contributed by atoms with Crippen LogP contribution in [0.25, 0.3) is 0 Å². The predicted molar refractivity (Wildman–Crippen MR) is 78.7 cm³/mol. The van der Waals surface area contributed by atoms with Crippen LogP contribution < -0.4 is 5.32 Å². The van der Waals surface area contributed by atoms with Crippen molar-refractivity contribution in [3.05, 3.63) is 52.9 Å². The largest absolute Gasteiger partial charge is 0.457 e. The Morgan fingerprint density at radius 2 is 2.00 bits per heavy atom. The lowest BCUT2D eigenvalue weighted by Gasteiger charge is -2.15. The Bertz CT molecular complexity index is 744. The van der Waals surface area contributed by atoms with Crippen LogP contribution in [0.4, 0.5) is 18.9 Å². The highest BCUT2D eigenvalue weighted by Crippen LogP contribution is 2.33. The molecule has 2 aromatic rings. The molecule has 1 atom stereocenters. The van der Waals surface area contributed by atoms with E-state index in [0.29, 0.717) is 6.07 Å². The van der Waals surface area contributed by atoms with Crippen molar-refractivity contribution in [3.63, 3.8) is 0 Å². The lowest BCUT2D eigenvalue weighted by atomic mass is 10.2. The van der Waals surface area contributed by atoms with Crippen LogP contribution in [0, 0.1) is 0 Å². The minimum Gasteiger partial charge on any atom is -0.457 e. The molecule has 0 saturated carbocycles. The van der Waals surface area contributed by atoms with Gasteiger partial charge in [0.2, 0.25) is 5.76 Å². The number of carbonyl (C=O) groups is 2. The van der Waals surface area contributed by atoms with Gasteiger partial charge >= 0.3 is 12.1 Å². The molecule has 1 N–H and O–H groups in total. The number of ether oxygens (including phenoxy) is 1. The van der Waals surface area contributed by atoms with Gasteiger partial charge in [-0.05, 0) is 37.3 Å². The highest BCUT2D eigenvalue weighted by molar-refractivity contribution is 6.33. The first kappa shape index (κ1) is 17.9. The Balaban J connectivity index is 2.07. The molecule has 0 aliphatic heterocycles. The van der Waals surface area contributed by atoms with E-state index in [-0.39, 0.29) is 16.5 Å². The van der Waals surface area contributed by atoms with Gasteiger partial charge in [-0.1, -0.05) is 11.6 Å². The molecule has 9 heteroatoms. The number of alkyl halides is 3. The summed E-state index contributed by atoms with van der Waals surface area (Å²) in [4.78, 5) is 23.6. The van der Waals surface area contributed by atoms with E-state index in [2.05, 4.69) is 5.32 Å². The molecule has 0 unspecified atom stereocenters. The van der Waals surface area contributed by atoms with Crippen LogP contribution in [0.15, 0.2) is 41.0 Å². The number of carbonyl (C=O) groups excluding carboxylic acids is 2. The molecule has 0 radical (unpaired) electrons. The van der Waals surface area contributed by atoms with Gasteiger partial charge in [0.1, 0.15) is 0 Å². The van der Waals surface area contributed by atoms with E-state index < -0.39 is 29.7 Å². The van der Waals surface area contributed by atoms with Crippen molar-refractivity contribution in [2.75, 3.05) is 5.32 Å². The van der Waals surface area contributed by atoms with Crippen molar-refractivity contribution >= 4 is 29.2 Å². The van der Waals surface area contributed by atoms with E-state index in [4.69, 9.17) is 20.8 Å². The minimum absolute atomic E-state index is 0.0825. The van der Waals surface area contributed by atoms with Crippen molar-refractivity contribution in [2.24, 2.45) is 0 Å². The SMILES string of the molecule is C[C@H](OC(=O)c1ccco1)C(=O)Nc1cc(C(F)(F)F)ccc1Cl. The van der Waals surface area contributed by atoms with Crippen LogP contribution in [0.2, 0.25) is 5.02 Å². The van der Waals surface area contributed by atoms with Gasteiger partial charge in [-0.25, -0.2) is 4.79 Å². The van der Waals surface area contributed by atoms with Crippen molar-refractivity contribution in [3.8, 4) is 0 Å². The molecule has 1 heterocycles. The summed E-state index contributed by atoms with van der Waals surface area (Å²) in [5.74, 6) is -1.82. The second kappa shape index (κ2) is 6.96. The summed E-state index contributed by atoms with van der Waals surface area (Å²) in [7, 11) is 0. The quantitative estimate of drug-likeness (QED) is 0.831. The third-order valence-corrected chi connectivity index (χ3v) is 3.26. The van der Waals surface area contributed by atoms with Gasteiger partial charge in [-0.3, -0.25) is 4.79 Å². The number of nitrogens with one attached hydrogen (secondary N) is 1. The van der Waals surface area contributed by atoms with Gasteiger partial charge in [0, 0.05) is 0 Å². The Hall–Kier alpha value is -2.48. The van der Waals surface area contributed by atoms with E-state index in [1.807, 2.05) is 0 Å². The second-order valence-electron chi connectivity index (χ2n) is 4.71. The minimum atomic E-state index is -4.58. The zero-order valence-electron chi connectivity index (χ0n) is 12.2. The Labute approximate surface area is 139 Å². The molecule has 0 fully saturated rings. The summed E-state index contributed by atoms with van der Waals surface area (Å²) < 4.78 is 47.7. The fraction of sp³-hybridized carbons (Fsp3) is 0.200. The number of hydrogen-bond donors (Lipinski definition) is 1. The maximum atomic E-state index is 12.7. The van der Waals surface area contributed by atoms with Crippen molar-refractivity contribution in [1.82, 2.24) is 0 Å². The van der Waals surface area contributed by atoms with Gasteiger partial charge in [0.25, 0.3) is 5.91 Å². The second-order valence-corrected chi connectivity index (χ2v) is 5.11. The van der Waals surface area contributed by atoms with E-state index >= 15 is 0 Å². The average molecular weight is 362 g/mol. The zero-order valence-corrected chi connectivity index (χ0v) is 12.9. The van der Waals surface area contributed by atoms with E-state index in [1.165, 1.54) is 25.3 Å². The van der Waals surface area contributed by atoms with Crippen LogP contribution in [-0.4, -0.2) is 18.0 Å². The third kappa shape index (κ3) is 4.29. The molecular formula is C15H11ClF3NO4. The first-order valence-electron chi connectivity index (χ1n) is 6.60. The molecule has 0 bridgehead atoms. The van der Waals surface area contributed by atoms with E-state index in [1.54, 1.807) is 0 Å². The monoisotopic (exact) mass is 361 g/mol. The number of rotatable bonds is 4. The summed E-state index contributed by atoms with van der Waals surface area (Å²) in [5, 5.41) is 2.11. The number of halogens is 4. The number of esters is 1. The number of hydrogen-bond acceptors (Lipinski definition) is 4. The lowest BCUT2D eigenvalue weighted by Crippen LogP contribution is -2.30. The molecule has 5 nitrogen and oxygen atoms in total. The van der Waals surface area contributed by atoms with Crippen LogP contribution in [0.3, 0.4) is 0 Å². The third-order valence-electron chi connectivity index (χ3n) is 2.93. The average Bonchev–Trinajstić information content (AvgIpc) is 3.02. The van der Waals surface area contributed by atoms with Crippen molar-refractivity contribution in [2.45, 2.75) is 19.2 Å². The molecule has 1 amide bonds. The molecule has 0 aliphatic carbocycles. The Morgan fingerprint density at radius 1 is 1.29 bits per heavy atom. The maximum absolute atomic E-state index is 12.7. The highest BCUT2D eigenvalue weighted by Gasteiger charge is 2.31. The maximum Gasteiger partial charge on any atom is 0.416 e. The summed E-state index contributed by atoms with van der Waals surface area (Å²) in [6.07, 6.45) is -4.60. The first-order chi connectivity index (χ1) is 11.2. The molecule has 24 heavy (non-hydrogen) atoms. The van der Waals surface area contributed by atoms with Gasteiger partial charge in [-0.2, -0.15) is 13.2 Å². The van der Waals surface area contributed by atoms with Crippen LogP contribution >= 0.6 is 11.6 Å². The Morgan fingerprint density at radius 3 is 2.58 bits per heavy atom. The lowest BCUT2D eigenvalue weighted by molar-refractivity contribution is -0.137. The van der Waals surface area contributed by atoms with E-state index in [9.17, 15) is 22.8 Å². The first-order valence-corrected chi connectivity index (χ1v) is 6.98. The fourth-order valence-corrected chi connectivity index (χ4v) is 1.86. The topological polar surface area (TPSA) is 68.5 Å². The molecular weight excluding hydrogens is 351 g/mol. The normalized spacial score (nSPS) is 12.5. The smallest absolute Gasteiger partial charge is 0.416 e. The van der Waals surface area contributed by atoms with Crippen molar-refractivity contribution < 1.29 is 31.9 Å². The molecule has 0 spiro atoms. The molecule has 0 aliphatic rings. The number of anilines is 1. The van der Waals surface area contributed by atoms with Gasteiger partial charge < -0.3 is 14.5 Å². The predicted octanol–water partition coefficient (Wildman–Crippen LogP) is 4.14. The summed E-state index contributed by atoms with van der Waals surface area (Å²) >= 11 is 5.78. The summed E-state index contributed by atoms with van der Waals surface area (Å²) in [5.41, 5.74) is -1.21. The van der Waals surface area contributed by atoms with Crippen molar-refractivity contribution in [1.29, 1.82) is 0 Å². The van der Waals surface area contributed by atoms with Crippen LogP contribution in [0.1, 0.15) is 23.0 Å². The van der Waals surface area contributed by atoms with Crippen LogP contribution in [0.5, 0.6) is 0 Å². The molecule has 1 aromatic heterocycles.